The summed E-state index contributed by atoms with van der Waals surface area (Å²) in [5, 5.41) is 5.76. The van der Waals surface area contributed by atoms with Crippen LogP contribution in [-0.2, 0) is 6.54 Å². The predicted molar refractivity (Wildman–Crippen MR) is 69.4 cm³/mol. The van der Waals surface area contributed by atoms with Crippen molar-refractivity contribution in [2.75, 3.05) is 20.1 Å². The predicted octanol–water partition coefficient (Wildman–Crippen LogP) is 2.69. The van der Waals surface area contributed by atoms with E-state index in [1.54, 1.807) is 11.3 Å². The second-order valence-electron chi connectivity index (χ2n) is 4.25. The summed E-state index contributed by atoms with van der Waals surface area (Å²) in [5.74, 6) is 0. The molecule has 0 unspecified atom stereocenters. The molecule has 1 aliphatic heterocycles. The Morgan fingerprint density at radius 3 is 3.13 bits per heavy atom. The van der Waals surface area contributed by atoms with Gasteiger partial charge in [0.1, 0.15) is 0 Å². The molecule has 84 valence electrons. The fourth-order valence-corrected chi connectivity index (χ4v) is 3.29. The van der Waals surface area contributed by atoms with E-state index < -0.39 is 0 Å². The Hall–Kier alpha value is 0.1000. The molecule has 0 radical (unpaired) electrons. The Morgan fingerprint density at radius 1 is 1.67 bits per heavy atom. The summed E-state index contributed by atoms with van der Waals surface area (Å²) in [7, 11) is 2.20. The van der Waals surface area contributed by atoms with Crippen LogP contribution in [0.25, 0.3) is 0 Å². The van der Waals surface area contributed by atoms with Crippen molar-refractivity contribution >= 4 is 27.3 Å². The quantitative estimate of drug-likeness (QED) is 0.917. The molecule has 4 heteroatoms. The van der Waals surface area contributed by atoms with E-state index >= 15 is 0 Å². The van der Waals surface area contributed by atoms with Crippen molar-refractivity contribution in [3.05, 3.63) is 20.8 Å². The molecule has 1 fully saturated rings. The van der Waals surface area contributed by atoms with Crippen LogP contribution in [0.3, 0.4) is 0 Å². The molecule has 0 spiro atoms. The van der Waals surface area contributed by atoms with Gasteiger partial charge in [-0.25, -0.2) is 0 Å². The molecule has 2 rings (SSSR count). The third-order valence-electron chi connectivity index (χ3n) is 2.77. The molecular weight excluding hydrogens is 272 g/mol. The highest BCUT2D eigenvalue weighted by Crippen LogP contribution is 2.21. The topological polar surface area (TPSA) is 15.3 Å². The van der Waals surface area contributed by atoms with Crippen LogP contribution in [0.5, 0.6) is 0 Å². The molecule has 1 N–H and O–H groups in total. The third-order valence-corrected chi connectivity index (χ3v) is 4.32. The fourth-order valence-electron chi connectivity index (χ4n) is 2.09. The highest BCUT2D eigenvalue weighted by atomic mass is 79.9. The van der Waals surface area contributed by atoms with Crippen LogP contribution < -0.4 is 5.32 Å². The summed E-state index contributed by atoms with van der Waals surface area (Å²) < 4.78 is 1.23. The van der Waals surface area contributed by atoms with Crippen LogP contribution in [0.2, 0.25) is 0 Å². The number of nitrogens with zero attached hydrogens (tertiary/aromatic N) is 1. The van der Waals surface area contributed by atoms with Gasteiger partial charge >= 0.3 is 0 Å². The molecule has 1 atom stereocenters. The minimum absolute atomic E-state index is 0.706. The van der Waals surface area contributed by atoms with E-state index in [1.165, 1.54) is 28.7 Å². The Labute approximate surface area is 104 Å². The van der Waals surface area contributed by atoms with Gasteiger partial charge in [0, 0.05) is 19.1 Å². The zero-order valence-electron chi connectivity index (χ0n) is 9.00. The molecule has 15 heavy (non-hydrogen) atoms. The van der Waals surface area contributed by atoms with Crippen LogP contribution in [0.15, 0.2) is 15.2 Å². The van der Waals surface area contributed by atoms with Gasteiger partial charge in [0.05, 0.1) is 3.79 Å². The molecular formula is C11H17BrN2S. The number of hydrogen-bond donors (Lipinski definition) is 1. The lowest BCUT2D eigenvalue weighted by molar-refractivity contribution is 0.293. The number of rotatable bonds is 4. The second-order valence-corrected chi connectivity index (χ2v) is 6.54. The van der Waals surface area contributed by atoms with Crippen LogP contribution in [0.1, 0.15) is 18.4 Å². The van der Waals surface area contributed by atoms with Gasteiger partial charge < -0.3 is 10.2 Å². The van der Waals surface area contributed by atoms with Crippen molar-refractivity contribution in [2.45, 2.75) is 25.4 Å². The van der Waals surface area contributed by atoms with Crippen molar-refractivity contribution < 1.29 is 0 Å². The molecule has 1 aromatic heterocycles. The van der Waals surface area contributed by atoms with Gasteiger partial charge in [-0.3, -0.25) is 0 Å². The lowest BCUT2D eigenvalue weighted by Gasteiger charge is -2.20. The highest BCUT2D eigenvalue weighted by molar-refractivity contribution is 9.11. The largest absolute Gasteiger partial charge is 0.313 e. The van der Waals surface area contributed by atoms with Crippen molar-refractivity contribution in [1.29, 1.82) is 0 Å². The van der Waals surface area contributed by atoms with Crippen LogP contribution in [0, 0.1) is 0 Å². The monoisotopic (exact) mass is 288 g/mol. The van der Waals surface area contributed by atoms with E-state index in [4.69, 9.17) is 0 Å². The summed E-state index contributed by atoms with van der Waals surface area (Å²) in [6, 6.07) is 2.92. The van der Waals surface area contributed by atoms with Gasteiger partial charge in [0.25, 0.3) is 0 Å². The normalized spacial score (nSPS) is 21.4. The van der Waals surface area contributed by atoms with Gasteiger partial charge in [0.15, 0.2) is 0 Å². The summed E-state index contributed by atoms with van der Waals surface area (Å²) >= 11 is 5.26. The maximum atomic E-state index is 3.53. The first-order chi connectivity index (χ1) is 7.24. The Balaban J connectivity index is 1.78. The second kappa shape index (κ2) is 5.43. The summed E-state index contributed by atoms with van der Waals surface area (Å²) in [6.45, 7) is 3.41. The van der Waals surface area contributed by atoms with Crippen molar-refractivity contribution in [3.63, 3.8) is 0 Å². The van der Waals surface area contributed by atoms with E-state index in [9.17, 15) is 0 Å². The molecule has 2 nitrogen and oxygen atoms in total. The van der Waals surface area contributed by atoms with Crippen LogP contribution in [-0.4, -0.2) is 31.1 Å². The Kier molecular flexibility index (Phi) is 4.20. The summed E-state index contributed by atoms with van der Waals surface area (Å²) in [5.41, 5.74) is 1.41. The third kappa shape index (κ3) is 3.55. The maximum absolute atomic E-state index is 3.53. The zero-order chi connectivity index (χ0) is 10.7. The van der Waals surface area contributed by atoms with Crippen LogP contribution in [0.4, 0.5) is 0 Å². The van der Waals surface area contributed by atoms with Crippen molar-refractivity contribution in [1.82, 2.24) is 10.2 Å². The van der Waals surface area contributed by atoms with Gasteiger partial charge in [0.2, 0.25) is 0 Å². The molecule has 1 saturated heterocycles. The first-order valence-corrected chi connectivity index (χ1v) is 7.06. The number of likely N-dealkylation sites (N-methyl/N-ethyl adjacent to an activating group) is 1. The van der Waals surface area contributed by atoms with E-state index in [1.807, 2.05) is 0 Å². The Morgan fingerprint density at radius 2 is 2.53 bits per heavy atom. The molecule has 2 heterocycles. The first kappa shape index (κ1) is 11.6. The molecule has 1 aliphatic rings. The summed E-state index contributed by atoms with van der Waals surface area (Å²) in [6.07, 6.45) is 2.67. The van der Waals surface area contributed by atoms with Gasteiger partial charge in [-0.05, 0) is 59.4 Å². The van der Waals surface area contributed by atoms with Gasteiger partial charge in [-0.15, -0.1) is 11.3 Å². The highest BCUT2D eigenvalue weighted by Gasteiger charge is 2.15. The number of hydrogen-bond acceptors (Lipinski definition) is 3. The van der Waals surface area contributed by atoms with E-state index in [2.05, 4.69) is 44.6 Å². The fraction of sp³-hybridized carbons (Fsp3) is 0.636. The lowest BCUT2D eigenvalue weighted by atomic mass is 10.2. The molecule has 0 bridgehead atoms. The minimum Gasteiger partial charge on any atom is -0.313 e. The first-order valence-electron chi connectivity index (χ1n) is 5.39. The molecule has 0 aromatic carbocycles. The molecule has 0 amide bonds. The van der Waals surface area contributed by atoms with Crippen molar-refractivity contribution in [2.24, 2.45) is 0 Å². The molecule has 1 aromatic rings. The average molecular weight is 289 g/mol. The number of thiophene rings is 1. The van der Waals surface area contributed by atoms with Gasteiger partial charge in [-0.1, -0.05) is 0 Å². The minimum atomic E-state index is 0.706. The number of halogens is 1. The van der Waals surface area contributed by atoms with E-state index in [0.717, 1.165) is 13.1 Å². The zero-order valence-corrected chi connectivity index (χ0v) is 11.4. The molecule has 0 aliphatic carbocycles. The molecule has 0 saturated carbocycles. The smallest absolute Gasteiger partial charge is 0.0701 e. The van der Waals surface area contributed by atoms with E-state index in [-0.39, 0.29) is 0 Å². The average Bonchev–Trinajstić information content (AvgIpc) is 2.77. The van der Waals surface area contributed by atoms with Crippen LogP contribution >= 0.6 is 27.3 Å². The SMILES string of the molecule is CN(Cc1csc(Br)c1)C[C@@H]1CCCN1. The van der Waals surface area contributed by atoms with Gasteiger partial charge in [-0.2, -0.15) is 0 Å². The standard InChI is InChI=1S/C11H17BrN2S/c1-14(7-10-3-2-4-13-10)6-9-5-11(12)15-8-9/h5,8,10,13H,2-4,6-7H2,1H3/t10-/m0/s1. The van der Waals surface area contributed by atoms with Crippen molar-refractivity contribution in [3.8, 4) is 0 Å². The lowest BCUT2D eigenvalue weighted by Crippen LogP contribution is -2.34. The Bertz CT molecular complexity index is 307. The summed E-state index contributed by atoms with van der Waals surface area (Å²) in [4.78, 5) is 2.40. The maximum Gasteiger partial charge on any atom is 0.0701 e. The van der Waals surface area contributed by atoms with E-state index in [0.29, 0.717) is 6.04 Å². The number of nitrogens with one attached hydrogen (secondary N) is 1.